The number of benzene rings is 2. The Bertz CT molecular complexity index is 893. The Morgan fingerprint density at radius 3 is 2.35 bits per heavy atom. The van der Waals surface area contributed by atoms with Crippen LogP contribution in [0.4, 0.5) is 4.39 Å². The Balaban J connectivity index is 2.16. The molecule has 0 heterocycles. The molecule has 0 bridgehead atoms. The molecule has 0 spiro atoms. The molecule has 0 radical (unpaired) electrons. The maximum atomic E-state index is 13.8. The number of carbonyl (C=O) groups excluding carboxylic acids is 2. The van der Waals surface area contributed by atoms with Gasteiger partial charge in [-0.1, -0.05) is 54.4 Å². The van der Waals surface area contributed by atoms with Crippen molar-refractivity contribution in [3.8, 4) is 0 Å². The van der Waals surface area contributed by atoms with Crippen LogP contribution in [-0.2, 0) is 21.9 Å². The average Bonchev–Trinajstić information content (AvgIpc) is 2.74. The highest BCUT2D eigenvalue weighted by Crippen LogP contribution is 2.27. The van der Waals surface area contributed by atoms with Crippen LogP contribution in [0.3, 0.4) is 0 Å². The summed E-state index contributed by atoms with van der Waals surface area (Å²) in [5.74, 6) is -0.346. The lowest BCUT2D eigenvalue weighted by Crippen LogP contribution is -2.50. The molecule has 168 valence electrons. The number of carbonyl (C=O) groups is 2. The highest BCUT2D eigenvalue weighted by atomic mass is 35.5. The molecular weight excluding hydrogens is 458 g/mol. The molecule has 1 N–H and O–H groups in total. The van der Waals surface area contributed by atoms with Crippen molar-refractivity contribution in [3.63, 3.8) is 0 Å². The first kappa shape index (κ1) is 25.5. The van der Waals surface area contributed by atoms with E-state index < -0.39 is 6.04 Å². The Kier molecular flexibility index (Phi) is 10.1. The third kappa shape index (κ3) is 7.41. The highest BCUT2D eigenvalue weighted by molar-refractivity contribution is 7.99. The van der Waals surface area contributed by atoms with Crippen molar-refractivity contribution in [2.75, 3.05) is 5.75 Å². The summed E-state index contributed by atoms with van der Waals surface area (Å²) in [5.41, 5.74) is 1.12. The van der Waals surface area contributed by atoms with Crippen molar-refractivity contribution in [2.24, 2.45) is 0 Å². The van der Waals surface area contributed by atoms with Gasteiger partial charge in [-0.2, -0.15) is 0 Å². The van der Waals surface area contributed by atoms with E-state index in [-0.39, 0.29) is 36.0 Å². The van der Waals surface area contributed by atoms with Crippen LogP contribution in [0.25, 0.3) is 0 Å². The van der Waals surface area contributed by atoms with Crippen LogP contribution in [0, 0.1) is 5.82 Å². The predicted molar refractivity (Wildman–Crippen MR) is 127 cm³/mol. The van der Waals surface area contributed by atoms with Gasteiger partial charge in [-0.15, -0.1) is 11.8 Å². The zero-order chi connectivity index (χ0) is 23.0. The molecule has 0 saturated carbocycles. The normalized spacial score (nSPS) is 12.8. The zero-order valence-corrected chi connectivity index (χ0v) is 20.2. The fraction of sp³-hybridized carbons (Fsp3) is 0.391. The first-order valence-corrected chi connectivity index (χ1v) is 12.0. The van der Waals surface area contributed by atoms with E-state index in [4.69, 9.17) is 23.2 Å². The molecule has 0 aromatic heterocycles. The molecule has 2 aromatic rings. The van der Waals surface area contributed by atoms with Crippen LogP contribution in [0.5, 0.6) is 0 Å². The number of hydrogen-bond donors (Lipinski definition) is 1. The van der Waals surface area contributed by atoms with Gasteiger partial charge in [0.2, 0.25) is 11.8 Å². The summed E-state index contributed by atoms with van der Waals surface area (Å²) >= 11 is 13.9. The van der Waals surface area contributed by atoms with Gasteiger partial charge in [-0.05, 0) is 44.0 Å². The molecule has 2 amide bonds. The second-order valence-electron chi connectivity index (χ2n) is 7.30. The van der Waals surface area contributed by atoms with E-state index in [0.717, 1.165) is 6.42 Å². The molecular formula is C23H27Cl2FN2O2S. The van der Waals surface area contributed by atoms with Crippen LogP contribution < -0.4 is 5.32 Å². The minimum atomic E-state index is -0.720. The van der Waals surface area contributed by atoms with Gasteiger partial charge in [-0.3, -0.25) is 9.59 Å². The molecule has 0 saturated heterocycles. The van der Waals surface area contributed by atoms with E-state index in [9.17, 15) is 14.0 Å². The number of amides is 2. The lowest BCUT2D eigenvalue weighted by Gasteiger charge is -2.30. The minimum Gasteiger partial charge on any atom is -0.352 e. The first-order valence-electron chi connectivity index (χ1n) is 10.1. The van der Waals surface area contributed by atoms with Crippen LogP contribution >= 0.6 is 35.0 Å². The molecule has 0 fully saturated rings. The van der Waals surface area contributed by atoms with Crippen LogP contribution in [-0.4, -0.2) is 34.6 Å². The zero-order valence-electron chi connectivity index (χ0n) is 17.8. The second-order valence-corrected chi connectivity index (χ2v) is 9.10. The summed E-state index contributed by atoms with van der Waals surface area (Å²) in [6, 6.07) is 10.9. The molecule has 2 atom stereocenters. The van der Waals surface area contributed by atoms with Crippen LogP contribution in [0.15, 0.2) is 42.5 Å². The quantitative estimate of drug-likeness (QED) is 0.470. The molecule has 8 heteroatoms. The Labute approximate surface area is 197 Å². The number of nitrogens with zero attached hydrogens (tertiary/aromatic N) is 1. The van der Waals surface area contributed by atoms with E-state index in [2.05, 4.69) is 5.32 Å². The van der Waals surface area contributed by atoms with Gasteiger partial charge >= 0.3 is 0 Å². The minimum absolute atomic E-state index is 0.00812. The van der Waals surface area contributed by atoms with Gasteiger partial charge in [0.05, 0.1) is 5.75 Å². The molecule has 2 unspecified atom stereocenters. The fourth-order valence-corrected chi connectivity index (χ4v) is 4.26. The highest BCUT2D eigenvalue weighted by Gasteiger charge is 2.28. The molecule has 2 aromatic carbocycles. The second kappa shape index (κ2) is 12.3. The van der Waals surface area contributed by atoms with Gasteiger partial charge in [0.1, 0.15) is 11.9 Å². The smallest absolute Gasteiger partial charge is 0.242 e. The van der Waals surface area contributed by atoms with Gasteiger partial charge in [0.25, 0.3) is 0 Å². The average molecular weight is 485 g/mol. The predicted octanol–water partition coefficient (Wildman–Crippen LogP) is 5.70. The number of rotatable bonds is 10. The largest absolute Gasteiger partial charge is 0.352 e. The summed E-state index contributed by atoms with van der Waals surface area (Å²) < 4.78 is 13.8. The monoisotopic (exact) mass is 484 g/mol. The van der Waals surface area contributed by atoms with Gasteiger partial charge in [-0.25, -0.2) is 4.39 Å². The van der Waals surface area contributed by atoms with Crippen LogP contribution in [0.1, 0.15) is 38.3 Å². The lowest BCUT2D eigenvalue weighted by molar-refractivity contribution is -0.138. The van der Waals surface area contributed by atoms with Gasteiger partial charge in [0.15, 0.2) is 0 Å². The summed E-state index contributed by atoms with van der Waals surface area (Å²) in [6.45, 7) is 5.67. The fourth-order valence-electron chi connectivity index (χ4n) is 2.85. The Hall–Kier alpha value is -1.76. The lowest BCUT2D eigenvalue weighted by atomic mass is 10.1. The van der Waals surface area contributed by atoms with E-state index in [1.807, 2.05) is 13.8 Å². The molecule has 4 nitrogen and oxygen atoms in total. The van der Waals surface area contributed by atoms with E-state index in [1.165, 1.54) is 22.7 Å². The van der Waals surface area contributed by atoms with E-state index in [1.54, 1.807) is 43.3 Å². The standard InChI is InChI=1S/C23H27Cl2FN2O2S/c1-4-15(2)27-23(30)16(3)28(12-18-19(24)9-7-10-20(18)25)22(29)14-31-13-17-8-5-6-11-21(17)26/h5-11,15-16H,4,12-14H2,1-3H3,(H,27,30). The Morgan fingerprint density at radius 1 is 1.10 bits per heavy atom. The number of nitrogens with one attached hydrogen (secondary N) is 1. The topological polar surface area (TPSA) is 49.4 Å². The van der Waals surface area contributed by atoms with Crippen molar-refractivity contribution < 1.29 is 14.0 Å². The Morgan fingerprint density at radius 2 is 1.74 bits per heavy atom. The SMILES string of the molecule is CCC(C)NC(=O)C(C)N(Cc1c(Cl)cccc1Cl)C(=O)CSCc1ccccc1F. The molecule has 0 aliphatic carbocycles. The third-order valence-electron chi connectivity index (χ3n) is 5.00. The summed E-state index contributed by atoms with van der Waals surface area (Å²) in [5, 5.41) is 3.77. The van der Waals surface area contributed by atoms with Gasteiger partial charge in [0, 0.05) is 33.9 Å². The number of hydrogen-bond acceptors (Lipinski definition) is 3. The van der Waals surface area contributed by atoms with Crippen molar-refractivity contribution in [1.82, 2.24) is 10.2 Å². The van der Waals surface area contributed by atoms with E-state index >= 15 is 0 Å². The molecule has 2 rings (SSSR count). The summed E-state index contributed by atoms with van der Waals surface area (Å²) in [4.78, 5) is 27.3. The first-order chi connectivity index (χ1) is 14.7. The molecule has 0 aliphatic rings. The van der Waals surface area contributed by atoms with Crippen LogP contribution in [0.2, 0.25) is 10.0 Å². The number of thioether (sulfide) groups is 1. The van der Waals surface area contributed by atoms with Crippen molar-refractivity contribution >= 4 is 46.8 Å². The summed E-state index contributed by atoms with van der Waals surface area (Å²) in [6.07, 6.45) is 0.779. The van der Waals surface area contributed by atoms with Gasteiger partial charge < -0.3 is 10.2 Å². The van der Waals surface area contributed by atoms with Crippen molar-refractivity contribution in [3.05, 3.63) is 69.5 Å². The third-order valence-corrected chi connectivity index (χ3v) is 6.67. The molecule has 31 heavy (non-hydrogen) atoms. The molecule has 0 aliphatic heterocycles. The number of halogens is 3. The van der Waals surface area contributed by atoms with Crippen molar-refractivity contribution in [2.45, 2.75) is 51.6 Å². The summed E-state index contributed by atoms with van der Waals surface area (Å²) in [7, 11) is 0. The van der Waals surface area contributed by atoms with Crippen molar-refractivity contribution in [1.29, 1.82) is 0 Å². The maximum Gasteiger partial charge on any atom is 0.242 e. The maximum absolute atomic E-state index is 13.8. The van der Waals surface area contributed by atoms with E-state index in [0.29, 0.717) is 26.9 Å².